The van der Waals surface area contributed by atoms with Crippen molar-refractivity contribution >= 4 is 0 Å². The van der Waals surface area contributed by atoms with Crippen molar-refractivity contribution in [2.75, 3.05) is 13.1 Å². The molecule has 2 nitrogen and oxygen atoms in total. The minimum atomic E-state index is 0.650. The molecular formula is C19H24N2. The minimum Gasteiger partial charge on any atom is -0.313 e. The van der Waals surface area contributed by atoms with Gasteiger partial charge in [-0.25, -0.2) is 0 Å². The fourth-order valence-electron chi connectivity index (χ4n) is 3.09. The standard InChI is InChI=1S/C19H24N2/c1-3-8-17(9-4-1)14-21(16-19-12-7-13-20-19)15-18-10-5-2-6-11-18/h1-6,8-11,19-20H,7,12-16H2/t19-/m1/s1. The average molecular weight is 280 g/mol. The number of benzene rings is 2. The molecule has 3 rings (SSSR count). The highest BCUT2D eigenvalue weighted by Gasteiger charge is 2.18. The SMILES string of the molecule is c1ccc(CN(Cc2ccccc2)C[C@H]2CCCN2)cc1. The second-order valence-electron chi connectivity index (χ2n) is 5.93. The number of nitrogens with one attached hydrogen (secondary N) is 1. The molecule has 0 radical (unpaired) electrons. The maximum absolute atomic E-state index is 3.62. The highest BCUT2D eigenvalue weighted by molar-refractivity contribution is 5.17. The van der Waals surface area contributed by atoms with E-state index >= 15 is 0 Å². The van der Waals surface area contributed by atoms with Gasteiger partial charge in [0.05, 0.1) is 0 Å². The van der Waals surface area contributed by atoms with Crippen LogP contribution in [0.25, 0.3) is 0 Å². The molecule has 1 atom stereocenters. The molecule has 0 bridgehead atoms. The maximum atomic E-state index is 3.62. The molecule has 2 heteroatoms. The van der Waals surface area contributed by atoms with Gasteiger partial charge >= 0.3 is 0 Å². The fourth-order valence-corrected chi connectivity index (χ4v) is 3.09. The molecule has 2 aromatic carbocycles. The van der Waals surface area contributed by atoms with Crippen molar-refractivity contribution in [1.29, 1.82) is 0 Å². The van der Waals surface area contributed by atoms with Gasteiger partial charge in [0.2, 0.25) is 0 Å². The van der Waals surface area contributed by atoms with Gasteiger partial charge in [0, 0.05) is 25.7 Å². The third-order valence-electron chi connectivity index (χ3n) is 4.14. The Labute approximate surface area is 127 Å². The molecule has 1 N–H and O–H groups in total. The van der Waals surface area contributed by atoms with Crippen LogP contribution in [0.5, 0.6) is 0 Å². The zero-order valence-electron chi connectivity index (χ0n) is 12.5. The third kappa shape index (κ3) is 4.42. The van der Waals surface area contributed by atoms with Gasteiger partial charge in [-0.05, 0) is 30.5 Å². The number of hydrogen-bond donors (Lipinski definition) is 1. The maximum Gasteiger partial charge on any atom is 0.0237 e. The van der Waals surface area contributed by atoms with Crippen molar-refractivity contribution in [3.63, 3.8) is 0 Å². The summed E-state index contributed by atoms with van der Waals surface area (Å²) in [5, 5.41) is 3.62. The summed E-state index contributed by atoms with van der Waals surface area (Å²) in [5.74, 6) is 0. The molecule has 0 spiro atoms. The van der Waals surface area contributed by atoms with Gasteiger partial charge in [0.25, 0.3) is 0 Å². The molecule has 0 aliphatic carbocycles. The highest BCUT2D eigenvalue weighted by Crippen LogP contribution is 2.13. The van der Waals surface area contributed by atoms with Crippen molar-refractivity contribution in [2.45, 2.75) is 32.0 Å². The van der Waals surface area contributed by atoms with Gasteiger partial charge in [0.1, 0.15) is 0 Å². The lowest BCUT2D eigenvalue weighted by Crippen LogP contribution is -2.36. The summed E-state index contributed by atoms with van der Waals surface area (Å²) in [5.41, 5.74) is 2.79. The Balaban J connectivity index is 1.67. The van der Waals surface area contributed by atoms with Gasteiger partial charge in [-0.2, -0.15) is 0 Å². The van der Waals surface area contributed by atoms with Crippen molar-refractivity contribution in [3.8, 4) is 0 Å². The molecule has 0 saturated carbocycles. The lowest BCUT2D eigenvalue weighted by atomic mass is 10.1. The van der Waals surface area contributed by atoms with Gasteiger partial charge in [-0.3, -0.25) is 4.90 Å². The van der Waals surface area contributed by atoms with Crippen LogP contribution in [0.1, 0.15) is 24.0 Å². The van der Waals surface area contributed by atoms with E-state index in [4.69, 9.17) is 0 Å². The molecular weight excluding hydrogens is 256 g/mol. The summed E-state index contributed by atoms with van der Waals surface area (Å²) in [6.45, 7) is 4.35. The second kappa shape index (κ2) is 7.39. The Kier molecular flexibility index (Phi) is 5.03. The Hall–Kier alpha value is -1.64. The Morgan fingerprint density at radius 1 is 0.857 bits per heavy atom. The molecule has 1 aliphatic rings. The van der Waals surface area contributed by atoms with Crippen molar-refractivity contribution in [2.24, 2.45) is 0 Å². The largest absolute Gasteiger partial charge is 0.313 e. The van der Waals surface area contributed by atoms with Crippen LogP contribution in [0, 0.1) is 0 Å². The first-order valence-corrected chi connectivity index (χ1v) is 7.94. The van der Waals surface area contributed by atoms with E-state index in [0.717, 1.165) is 19.6 Å². The van der Waals surface area contributed by atoms with E-state index in [1.54, 1.807) is 0 Å². The molecule has 1 fully saturated rings. The van der Waals surface area contributed by atoms with Crippen LogP contribution >= 0.6 is 0 Å². The van der Waals surface area contributed by atoms with Crippen LogP contribution in [0.15, 0.2) is 60.7 Å². The zero-order valence-corrected chi connectivity index (χ0v) is 12.5. The smallest absolute Gasteiger partial charge is 0.0237 e. The summed E-state index contributed by atoms with van der Waals surface area (Å²) < 4.78 is 0. The van der Waals surface area contributed by atoms with E-state index in [9.17, 15) is 0 Å². The van der Waals surface area contributed by atoms with Crippen molar-refractivity contribution < 1.29 is 0 Å². The van der Waals surface area contributed by atoms with E-state index in [1.807, 2.05) is 0 Å². The van der Waals surface area contributed by atoms with E-state index in [1.165, 1.54) is 30.5 Å². The third-order valence-corrected chi connectivity index (χ3v) is 4.14. The van der Waals surface area contributed by atoms with E-state index in [2.05, 4.69) is 70.9 Å². The molecule has 1 saturated heterocycles. The summed E-state index contributed by atoms with van der Waals surface area (Å²) in [6.07, 6.45) is 2.62. The summed E-state index contributed by atoms with van der Waals surface area (Å²) >= 11 is 0. The molecule has 0 aromatic heterocycles. The van der Waals surface area contributed by atoms with Crippen LogP contribution in [0.4, 0.5) is 0 Å². The van der Waals surface area contributed by atoms with Crippen LogP contribution in [-0.4, -0.2) is 24.0 Å². The molecule has 0 unspecified atom stereocenters. The second-order valence-corrected chi connectivity index (χ2v) is 5.93. The highest BCUT2D eigenvalue weighted by atomic mass is 15.2. The molecule has 1 aliphatic heterocycles. The quantitative estimate of drug-likeness (QED) is 0.872. The number of hydrogen-bond acceptors (Lipinski definition) is 2. The normalized spacial score (nSPS) is 18.2. The first-order valence-electron chi connectivity index (χ1n) is 7.94. The van der Waals surface area contributed by atoms with Gasteiger partial charge in [-0.15, -0.1) is 0 Å². The minimum absolute atomic E-state index is 0.650. The molecule has 21 heavy (non-hydrogen) atoms. The molecule has 0 amide bonds. The van der Waals surface area contributed by atoms with Gasteiger partial charge in [-0.1, -0.05) is 60.7 Å². The van der Waals surface area contributed by atoms with E-state index in [0.29, 0.717) is 6.04 Å². The molecule has 2 aromatic rings. The molecule has 110 valence electrons. The topological polar surface area (TPSA) is 15.3 Å². The number of rotatable bonds is 6. The van der Waals surface area contributed by atoms with E-state index in [-0.39, 0.29) is 0 Å². The monoisotopic (exact) mass is 280 g/mol. The van der Waals surface area contributed by atoms with Crippen LogP contribution in [0.2, 0.25) is 0 Å². The van der Waals surface area contributed by atoms with Crippen LogP contribution in [-0.2, 0) is 13.1 Å². The first-order chi connectivity index (χ1) is 10.4. The summed E-state index contributed by atoms with van der Waals surface area (Å²) in [7, 11) is 0. The predicted molar refractivity (Wildman–Crippen MR) is 88.0 cm³/mol. The number of nitrogens with zero attached hydrogens (tertiary/aromatic N) is 1. The first kappa shape index (κ1) is 14.3. The van der Waals surface area contributed by atoms with Gasteiger partial charge < -0.3 is 5.32 Å². The van der Waals surface area contributed by atoms with Crippen molar-refractivity contribution in [3.05, 3.63) is 71.8 Å². The van der Waals surface area contributed by atoms with E-state index < -0.39 is 0 Å². The predicted octanol–water partition coefficient (Wildman–Crippen LogP) is 3.44. The van der Waals surface area contributed by atoms with Gasteiger partial charge in [0.15, 0.2) is 0 Å². The average Bonchev–Trinajstić information content (AvgIpc) is 3.02. The van der Waals surface area contributed by atoms with Crippen molar-refractivity contribution in [1.82, 2.24) is 10.2 Å². The Morgan fingerprint density at radius 3 is 1.90 bits per heavy atom. The Bertz CT molecular complexity index is 476. The lowest BCUT2D eigenvalue weighted by Gasteiger charge is -2.26. The van der Waals surface area contributed by atoms with Crippen LogP contribution in [0.3, 0.4) is 0 Å². The zero-order chi connectivity index (χ0) is 14.3. The van der Waals surface area contributed by atoms with Crippen LogP contribution < -0.4 is 5.32 Å². The Morgan fingerprint density at radius 2 is 1.43 bits per heavy atom. The fraction of sp³-hybridized carbons (Fsp3) is 0.368. The summed E-state index contributed by atoms with van der Waals surface area (Å²) in [6, 6.07) is 22.2. The molecule has 1 heterocycles. The lowest BCUT2D eigenvalue weighted by molar-refractivity contribution is 0.233. The summed E-state index contributed by atoms with van der Waals surface area (Å²) in [4.78, 5) is 2.56.